The van der Waals surface area contributed by atoms with Crippen LogP contribution in [-0.2, 0) is 12.8 Å². The van der Waals surface area contributed by atoms with Gasteiger partial charge in [0.05, 0.1) is 6.10 Å². The molecular weight excluding hydrogens is 240 g/mol. The van der Waals surface area contributed by atoms with Gasteiger partial charge < -0.3 is 5.11 Å². The van der Waals surface area contributed by atoms with E-state index >= 15 is 0 Å². The Morgan fingerprint density at radius 2 is 2.11 bits per heavy atom. The molecular formula is C16H18OS. The van der Waals surface area contributed by atoms with E-state index in [9.17, 15) is 5.11 Å². The fourth-order valence-corrected chi connectivity index (χ4v) is 3.62. The summed E-state index contributed by atoms with van der Waals surface area (Å²) >= 11 is 1.74. The fourth-order valence-electron chi connectivity index (χ4n) is 2.94. The number of fused-ring (bicyclic) bond motifs is 1. The first-order valence-electron chi connectivity index (χ1n) is 6.61. The smallest absolute Gasteiger partial charge is 0.0824 e. The first-order chi connectivity index (χ1) is 8.84. The third kappa shape index (κ3) is 2.36. The Hall–Kier alpha value is -1.12. The van der Waals surface area contributed by atoms with Crippen molar-refractivity contribution in [3.63, 3.8) is 0 Å². The maximum absolute atomic E-state index is 10.6. The second-order valence-electron chi connectivity index (χ2n) is 5.13. The predicted octanol–water partition coefficient (Wildman–Crippen LogP) is 3.98. The van der Waals surface area contributed by atoms with Gasteiger partial charge in [-0.15, -0.1) is 0 Å². The lowest BCUT2D eigenvalue weighted by atomic mass is 9.89. The van der Waals surface area contributed by atoms with E-state index in [1.54, 1.807) is 11.3 Å². The van der Waals surface area contributed by atoms with Crippen molar-refractivity contribution in [2.24, 2.45) is 5.92 Å². The zero-order valence-electron chi connectivity index (χ0n) is 10.4. The summed E-state index contributed by atoms with van der Waals surface area (Å²) in [7, 11) is 0. The molecule has 0 fully saturated rings. The van der Waals surface area contributed by atoms with Crippen molar-refractivity contribution in [1.82, 2.24) is 0 Å². The molecule has 1 N–H and O–H groups in total. The molecule has 0 saturated carbocycles. The number of thiophene rings is 1. The van der Waals surface area contributed by atoms with Gasteiger partial charge in [0.2, 0.25) is 0 Å². The van der Waals surface area contributed by atoms with E-state index in [-0.39, 0.29) is 6.10 Å². The lowest BCUT2D eigenvalue weighted by Crippen LogP contribution is -2.14. The molecule has 0 saturated heterocycles. The summed E-state index contributed by atoms with van der Waals surface area (Å²) in [6.07, 6.45) is 4.10. The Bertz CT molecular complexity index is 504. The number of aliphatic hydroxyl groups is 1. The number of rotatable bonds is 2. The Kier molecular flexibility index (Phi) is 3.48. The summed E-state index contributed by atoms with van der Waals surface area (Å²) < 4.78 is 0. The highest BCUT2D eigenvalue weighted by Gasteiger charge is 2.25. The van der Waals surface area contributed by atoms with Crippen LogP contribution >= 0.6 is 11.3 Å². The van der Waals surface area contributed by atoms with Crippen molar-refractivity contribution in [3.8, 4) is 0 Å². The Labute approximate surface area is 112 Å². The normalized spacial score (nSPS) is 23.4. The van der Waals surface area contributed by atoms with Gasteiger partial charge in [-0.1, -0.05) is 24.3 Å². The van der Waals surface area contributed by atoms with Gasteiger partial charge >= 0.3 is 0 Å². The third-order valence-corrected chi connectivity index (χ3v) is 4.65. The minimum atomic E-state index is -0.302. The minimum Gasteiger partial charge on any atom is -0.388 e. The molecule has 1 aliphatic carbocycles. The SMILES string of the molecule is OC1c2ccccc2CCCC1Cc1ccsc1. The molecule has 1 aliphatic rings. The molecule has 0 aliphatic heterocycles. The molecule has 0 radical (unpaired) electrons. The van der Waals surface area contributed by atoms with Gasteiger partial charge in [-0.25, -0.2) is 0 Å². The number of hydrogen-bond acceptors (Lipinski definition) is 2. The van der Waals surface area contributed by atoms with Crippen LogP contribution in [0.1, 0.15) is 35.6 Å². The van der Waals surface area contributed by atoms with Crippen LogP contribution in [0.3, 0.4) is 0 Å². The van der Waals surface area contributed by atoms with Gasteiger partial charge in [0, 0.05) is 0 Å². The van der Waals surface area contributed by atoms with Gasteiger partial charge in [-0.05, 0) is 65.1 Å². The van der Waals surface area contributed by atoms with E-state index in [1.807, 2.05) is 6.07 Å². The molecule has 2 aromatic rings. The monoisotopic (exact) mass is 258 g/mol. The molecule has 2 atom stereocenters. The Balaban J connectivity index is 1.85. The highest BCUT2D eigenvalue weighted by molar-refractivity contribution is 7.07. The first kappa shape index (κ1) is 11.9. The van der Waals surface area contributed by atoms with Crippen molar-refractivity contribution >= 4 is 11.3 Å². The van der Waals surface area contributed by atoms with Crippen LogP contribution < -0.4 is 0 Å². The van der Waals surface area contributed by atoms with Crippen LogP contribution in [0.2, 0.25) is 0 Å². The highest BCUT2D eigenvalue weighted by atomic mass is 32.1. The molecule has 1 aromatic heterocycles. The van der Waals surface area contributed by atoms with Crippen molar-refractivity contribution in [2.45, 2.75) is 31.8 Å². The van der Waals surface area contributed by atoms with Crippen molar-refractivity contribution in [1.29, 1.82) is 0 Å². The standard InChI is InChI=1S/C16H18OS/c17-16-14(10-12-8-9-18-11-12)6-3-5-13-4-1-2-7-15(13)16/h1-2,4,7-9,11,14,16-17H,3,5-6,10H2. The van der Waals surface area contributed by atoms with Crippen LogP contribution in [0, 0.1) is 5.92 Å². The summed E-state index contributed by atoms with van der Waals surface area (Å²) in [4.78, 5) is 0. The number of aliphatic hydroxyl groups excluding tert-OH is 1. The molecule has 2 heteroatoms. The third-order valence-electron chi connectivity index (χ3n) is 3.92. The summed E-state index contributed by atoms with van der Waals surface area (Å²) in [6, 6.07) is 10.5. The van der Waals surface area contributed by atoms with Crippen molar-refractivity contribution < 1.29 is 5.11 Å². The predicted molar refractivity (Wildman–Crippen MR) is 75.9 cm³/mol. The molecule has 1 heterocycles. The summed E-state index contributed by atoms with van der Waals surface area (Å²) in [6.45, 7) is 0. The summed E-state index contributed by atoms with van der Waals surface area (Å²) in [5.74, 6) is 0.364. The quantitative estimate of drug-likeness (QED) is 0.808. The van der Waals surface area contributed by atoms with E-state index in [0.717, 1.165) is 24.8 Å². The molecule has 18 heavy (non-hydrogen) atoms. The maximum Gasteiger partial charge on any atom is 0.0824 e. The molecule has 3 rings (SSSR count). The van der Waals surface area contributed by atoms with E-state index in [0.29, 0.717) is 5.92 Å². The molecule has 94 valence electrons. The number of benzene rings is 1. The zero-order chi connectivity index (χ0) is 12.4. The maximum atomic E-state index is 10.6. The molecule has 0 bridgehead atoms. The van der Waals surface area contributed by atoms with Crippen LogP contribution in [-0.4, -0.2) is 5.11 Å². The van der Waals surface area contributed by atoms with E-state index in [1.165, 1.54) is 17.5 Å². The average molecular weight is 258 g/mol. The lowest BCUT2D eigenvalue weighted by molar-refractivity contribution is 0.105. The van der Waals surface area contributed by atoms with E-state index < -0.39 is 0 Å². The molecule has 1 nitrogen and oxygen atoms in total. The van der Waals surface area contributed by atoms with E-state index in [2.05, 4.69) is 35.0 Å². The number of hydrogen-bond donors (Lipinski definition) is 1. The molecule has 2 unspecified atom stereocenters. The molecule has 0 amide bonds. The second-order valence-corrected chi connectivity index (χ2v) is 5.91. The van der Waals surface area contributed by atoms with Crippen molar-refractivity contribution in [2.75, 3.05) is 0 Å². The topological polar surface area (TPSA) is 20.2 Å². The van der Waals surface area contributed by atoms with Crippen molar-refractivity contribution in [3.05, 3.63) is 57.8 Å². The van der Waals surface area contributed by atoms with Gasteiger partial charge in [0.15, 0.2) is 0 Å². The van der Waals surface area contributed by atoms with Crippen LogP contribution in [0.5, 0.6) is 0 Å². The Morgan fingerprint density at radius 3 is 2.94 bits per heavy atom. The van der Waals surface area contributed by atoms with Crippen LogP contribution in [0.15, 0.2) is 41.1 Å². The van der Waals surface area contributed by atoms with Gasteiger partial charge in [0.25, 0.3) is 0 Å². The lowest BCUT2D eigenvalue weighted by Gasteiger charge is -2.21. The summed E-state index contributed by atoms with van der Waals surface area (Å²) in [5, 5.41) is 14.9. The number of aryl methyl sites for hydroxylation is 1. The largest absolute Gasteiger partial charge is 0.388 e. The first-order valence-corrected chi connectivity index (χ1v) is 7.56. The molecule has 1 aromatic carbocycles. The second kappa shape index (κ2) is 5.25. The van der Waals surface area contributed by atoms with Gasteiger partial charge in [-0.3, -0.25) is 0 Å². The van der Waals surface area contributed by atoms with Gasteiger partial charge in [-0.2, -0.15) is 11.3 Å². The fraction of sp³-hybridized carbons (Fsp3) is 0.375. The average Bonchev–Trinajstić information content (AvgIpc) is 2.85. The summed E-state index contributed by atoms with van der Waals surface area (Å²) in [5.41, 5.74) is 3.84. The van der Waals surface area contributed by atoms with Crippen LogP contribution in [0.25, 0.3) is 0 Å². The van der Waals surface area contributed by atoms with E-state index in [4.69, 9.17) is 0 Å². The molecule has 0 spiro atoms. The van der Waals surface area contributed by atoms with Gasteiger partial charge in [0.1, 0.15) is 0 Å². The highest BCUT2D eigenvalue weighted by Crippen LogP contribution is 2.35. The van der Waals surface area contributed by atoms with Crippen LogP contribution in [0.4, 0.5) is 0 Å². The minimum absolute atomic E-state index is 0.302. The Morgan fingerprint density at radius 1 is 1.22 bits per heavy atom. The zero-order valence-corrected chi connectivity index (χ0v) is 11.2.